The lowest BCUT2D eigenvalue weighted by Gasteiger charge is -2.53. The summed E-state index contributed by atoms with van der Waals surface area (Å²) in [6.45, 7) is 21.6. The zero-order valence-electron chi connectivity index (χ0n) is 21.8. The molecule has 0 bridgehead atoms. The average Bonchev–Trinajstić information content (AvgIpc) is 2.55. The molecule has 2 rings (SSSR count). The highest BCUT2D eigenvalue weighted by Gasteiger charge is 2.44. The summed E-state index contributed by atoms with van der Waals surface area (Å²) in [6, 6.07) is 3.98. The first-order valence-corrected chi connectivity index (χ1v) is 11.6. The highest BCUT2D eigenvalue weighted by atomic mass is 16.5. The number of rotatable bonds is 4. The highest BCUT2D eigenvalue weighted by Crippen LogP contribution is 2.39. The van der Waals surface area contributed by atoms with Crippen molar-refractivity contribution in [3.63, 3.8) is 0 Å². The molecule has 1 aliphatic heterocycles. The molecule has 0 radical (unpaired) electrons. The number of ether oxygens (including phenoxy) is 1. The molecule has 1 aromatic rings. The molecule has 1 aliphatic rings. The van der Waals surface area contributed by atoms with Gasteiger partial charge in [-0.05, 0) is 74.8 Å². The van der Waals surface area contributed by atoms with E-state index in [4.69, 9.17) is 4.74 Å². The van der Waals surface area contributed by atoms with Gasteiger partial charge < -0.3 is 9.84 Å². The second-order valence-corrected chi connectivity index (χ2v) is 12.7. The maximum atomic E-state index is 12.8. The number of phenolic OH excluding ortho intramolecular Hbond substituents is 1. The van der Waals surface area contributed by atoms with Crippen LogP contribution in [-0.2, 0) is 26.8 Å². The fourth-order valence-electron chi connectivity index (χ4n) is 4.98. The molecular weight excluding hydrogens is 386 g/mol. The number of hydrogen-bond acceptors (Lipinski definition) is 4. The molecule has 176 valence electrons. The Morgan fingerprint density at radius 2 is 1.48 bits per heavy atom. The van der Waals surface area contributed by atoms with Crippen LogP contribution in [0.3, 0.4) is 0 Å². The number of aromatic hydroxyl groups is 1. The van der Waals surface area contributed by atoms with Gasteiger partial charge in [-0.3, -0.25) is 9.69 Å². The lowest BCUT2D eigenvalue weighted by molar-refractivity contribution is -0.158. The van der Waals surface area contributed by atoms with Crippen molar-refractivity contribution < 1.29 is 14.6 Å². The maximum absolute atomic E-state index is 12.8. The van der Waals surface area contributed by atoms with Crippen LogP contribution in [0.1, 0.15) is 105 Å². The molecule has 0 saturated carbocycles. The smallest absolute Gasteiger partial charge is 0.306 e. The van der Waals surface area contributed by atoms with Crippen molar-refractivity contribution in [2.24, 2.45) is 0 Å². The fourth-order valence-corrected chi connectivity index (χ4v) is 4.98. The number of phenols is 1. The first-order chi connectivity index (χ1) is 13.8. The lowest BCUT2D eigenvalue weighted by Crippen LogP contribution is -2.60. The molecule has 4 heteroatoms. The number of carbonyl (C=O) groups excluding carboxylic acids is 1. The molecule has 1 heterocycles. The number of hydrogen-bond donors (Lipinski definition) is 1. The molecule has 1 fully saturated rings. The van der Waals surface area contributed by atoms with E-state index < -0.39 is 0 Å². The van der Waals surface area contributed by atoms with Crippen LogP contribution in [0.5, 0.6) is 5.75 Å². The van der Waals surface area contributed by atoms with Gasteiger partial charge in [0, 0.05) is 30.3 Å². The van der Waals surface area contributed by atoms with Gasteiger partial charge in [0.2, 0.25) is 0 Å². The average molecular weight is 432 g/mol. The van der Waals surface area contributed by atoms with Crippen molar-refractivity contribution in [2.75, 3.05) is 7.05 Å². The molecular formula is C27H45NO3. The standard InChI is InChI=1S/C27H45NO3/c1-24(2,3)20-15-22(29)21(25(4,5)6)14-18(20)12-13-23(30)31-19-16-26(7,8)28(11)27(9,10)17-19/h14-15,19,29H,12-13,16-17H2,1-11H3. The second kappa shape index (κ2) is 8.42. The minimum Gasteiger partial charge on any atom is -0.508 e. The van der Waals surface area contributed by atoms with E-state index in [0.29, 0.717) is 18.6 Å². The van der Waals surface area contributed by atoms with E-state index in [1.165, 1.54) is 0 Å². The third kappa shape index (κ3) is 6.03. The number of benzene rings is 1. The summed E-state index contributed by atoms with van der Waals surface area (Å²) in [5.41, 5.74) is 2.83. The Morgan fingerprint density at radius 3 is 1.94 bits per heavy atom. The molecule has 1 N–H and O–H groups in total. The van der Waals surface area contributed by atoms with Crippen molar-refractivity contribution in [1.29, 1.82) is 0 Å². The quantitative estimate of drug-likeness (QED) is 0.584. The Labute approximate surface area is 190 Å². The predicted molar refractivity (Wildman–Crippen MR) is 129 cm³/mol. The van der Waals surface area contributed by atoms with E-state index in [1.807, 2.05) is 6.07 Å². The number of esters is 1. The summed E-state index contributed by atoms with van der Waals surface area (Å²) < 4.78 is 5.96. The Bertz CT molecular complexity index is 791. The first kappa shape index (κ1) is 25.7. The zero-order chi connectivity index (χ0) is 24.0. The molecule has 0 unspecified atom stereocenters. The van der Waals surface area contributed by atoms with E-state index in [0.717, 1.165) is 29.5 Å². The minimum atomic E-state index is -0.166. The van der Waals surface area contributed by atoms with E-state index in [9.17, 15) is 9.90 Å². The number of likely N-dealkylation sites (tertiary alicyclic amines) is 1. The van der Waals surface area contributed by atoms with E-state index >= 15 is 0 Å². The Balaban J connectivity index is 2.18. The normalized spacial score (nSPS) is 20.0. The van der Waals surface area contributed by atoms with Crippen LogP contribution in [0, 0.1) is 0 Å². The van der Waals surface area contributed by atoms with Gasteiger partial charge in [-0.15, -0.1) is 0 Å². The van der Waals surface area contributed by atoms with Crippen molar-refractivity contribution in [1.82, 2.24) is 4.90 Å². The van der Waals surface area contributed by atoms with Gasteiger partial charge in [-0.25, -0.2) is 0 Å². The summed E-state index contributed by atoms with van der Waals surface area (Å²) in [5, 5.41) is 10.6. The molecule has 31 heavy (non-hydrogen) atoms. The molecule has 4 nitrogen and oxygen atoms in total. The van der Waals surface area contributed by atoms with E-state index in [2.05, 4.69) is 87.3 Å². The fraction of sp³-hybridized carbons (Fsp3) is 0.741. The highest BCUT2D eigenvalue weighted by molar-refractivity contribution is 5.70. The molecule has 0 aromatic heterocycles. The number of aryl methyl sites for hydroxylation is 1. The van der Waals surface area contributed by atoms with Crippen molar-refractivity contribution >= 4 is 5.97 Å². The summed E-state index contributed by atoms with van der Waals surface area (Å²) in [4.78, 5) is 15.2. The Kier molecular flexibility index (Phi) is 6.98. The van der Waals surface area contributed by atoms with Crippen LogP contribution < -0.4 is 0 Å². The zero-order valence-corrected chi connectivity index (χ0v) is 21.8. The lowest BCUT2D eigenvalue weighted by atomic mass is 9.78. The Morgan fingerprint density at radius 1 is 1.00 bits per heavy atom. The van der Waals surface area contributed by atoms with Gasteiger partial charge in [0.25, 0.3) is 0 Å². The van der Waals surface area contributed by atoms with Gasteiger partial charge in [-0.1, -0.05) is 47.6 Å². The molecule has 0 amide bonds. The molecule has 0 spiro atoms. The SMILES string of the molecule is CN1C(C)(C)CC(OC(=O)CCc2cc(C(C)(C)C)c(O)cc2C(C)(C)C)CC1(C)C. The van der Waals surface area contributed by atoms with Crippen LogP contribution in [0.25, 0.3) is 0 Å². The minimum absolute atomic E-state index is 0.00926. The van der Waals surface area contributed by atoms with E-state index in [-0.39, 0.29) is 34.0 Å². The number of piperidine rings is 1. The van der Waals surface area contributed by atoms with Gasteiger partial charge in [0.1, 0.15) is 11.9 Å². The van der Waals surface area contributed by atoms with Crippen LogP contribution >= 0.6 is 0 Å². The maximum Gasteiger partial charge on any atom is 0.306 e. The topological polar surface area (TPSA) is 49.8 Å². The summed E-state index contributed by atoms with van der Waals surface area (Å²) >= 11 is 0. The third-order valence-corrected chi connectivity index (χ3v) is 7.00. The second-order valence-electron chi connectivity index (χ2n) is 12.7. The predicted octanol–water partition coefficient (Wildman–Crippen LogP) is 6.11. The largest absolute Gasteiger partial charge is 0.508 e. The molecule has 1 saturated heterocycles. The Hall–Kier alpha value is -1.55. The number of carbonyl (C=O) groups is 1. The van der Waals surface area contributed by atoms with Crippen LogP contribution in [0.2, 0.25) is 0 Å². The first-order valence-electron chi connectivity index (χ1n) is 11.6. The van der Waals surface area contributed by atoms with Gasteiger partial charge in [0.05, 0.1) is 0 Å². The monoisotopic (exact) mass is 431 g/mol. The molecule has 0 atom stereocenters. The van der Waals surface area contributed by atoms with Gasteiger partial charge >= 0.3 is 5.97 Å². The van der Waals surface area contributed by atoms with Crippen LogP contribution in [0.15, 0.2) is 12.1 Å². The summed E-state index contributed by atoms with van der Waals surface area (Å²) in [6.07, 6.45) is 2.61. The van der Waals surface area contributed by atoms with Gasteiger partial charge in [0.15, 0.2) is 0 Å². The molecule has 0 aliphatic carbocycles. The summed E-state index contributed by atoms with van der Waals surface area (Å²) in [7, 11) is 2.16. The molecule has 1 aromatic carbocycles. The van der Waals surface area contributed by atoms with Crippen molar-refractivity contribution in [3.8, 4) is 5.75 Å². The van der Waals surface area contributed by atoms with E-state index in [1.54, 1.807) is 0 Å². The van der Waals surface area contributed by atoms with Crippen molar-refractivity contribution in [2.45, 2.75) is 123 Å². The van der Waals surface area contributed by atoms with Gasteiger partial charge in [-0.2, -0.15) is 0 Å². The third-order valence-electron chi connectivity index (χ3n) is 7.00. The van der Waals surface area contributed by atoms with Crippen molar-refractivity contribution in [3.05, 3.63) is 28.8 Å². The number of nitrogens with zero attached hydrogens (tertiary/aromatic N) is 1. The summed E-state index contributed by atoms with van der Waals surface area (Å²) in [5.74, 6) is 0.200. The van der Waals surface area contributed by atoms with Crippen LogP contribution in [0.4, 0.5) is 0 Å². The van der Waals surface area contributed by atoms with Crippen LogP contribution in [-0.4, -0.2) is 40.2 Å².